The molecule has 0 heterocycles. The fourth-order valence-corrected chi connectivity index (χ4v) is 2.82. The first-order valence-corrected chi connectivity index (χ1v) is 11.8. The molecule has 8 heteroatoms. The van der Waals surface area contributed by atoms with Gasteiger partial charge in [-0.2, -0.15) is 0 Å². The fourth-order valence-electron chi connectivity index (χ4n) is 2.82. The Bertz CT molecular complexity index is 556. The van der Waals surface area contributed by atoms with Gasteiger partial charge in [-0.25, -0.2) is 0 Å². The standard InChI is InChI=1S/C24H41NO7/c1-21(2)23(26)10-12-28-14-16-30-18-19-31-17-15-29-13-11-25-24(27)20-32-22-8-6-4-3-5-7-9-22/h21-22H,3-6,8,10-20H2,1-2H3,(H,25,27). The maximum atomic E-state index is 11.8. The van der Waals surface area contributed by atoms with Crippen molar-refractivity contribution in [3.05, 3.63) is 0 Å². The first-order valence-electron chi connectivity index (χ1n) is 11.8. The van der Waals surface area contributed by atoms with E-state index in [0.717, 1.165) is 25.7 Å². The van der Waals surface area contributed by atoms with Crippen molar-refractivity contribution in [2.24, 2.45) is 5.92 Å². The van der Waals surface area contributed by atoms with Crippen molar-refractivity contribution in [2.45, 2.75) is 58.5 Å². The summed E-state index contributed by atoms with van der Waals surface area (Å²) in [4.78, 5) is 23.2. The minimum absolute atomic E-state index is 0.0313. The summed E-state index contributed by atoms with van der Waals surface area (Å²) in [6.45, 7) is 7.94. The Balaban J connectivity index is 1.80. The maximum absolute atomic E-state index is 11.8. The lowest BCUT2D eigenvalue weighted by Gasteiger charge is -2.13. The van der Waals surface area contributed by atoms with Crippen molar-refractivity contribution in [3.63, 3.8) is 0 Å². The van der Waals surface area contributed by atoms with Gasteiger partial charge in [0.15, 0.2) is 0 Å². The fraction of sp³-hybridized carbons (Fsp3) is 0.833. The minimum atomic E-state index is -0.152. The van der Waals surface area contributed by atoms with Crippen LogP contribution in [0.2, 0.25) is 0 Å². The summed E-state index contributed by atoms with van der Waals surface area (Å²) in [6, 6.07) is 0. The van der Waals surface area contributed by atoms with Crippen LogP contribution in [0.4, 0.5) is 0 Å². The summed E-state index contributed by atoms with van der Waals surface area (Å²) in [6.07, 6.45) is 5.55. The van der Waals surface area contributed by atoms with Gasteiger partial charge in [0.1, 0.15) is 18.5 Å². The molecule has 0 bridgehead atoms. The number of amides is 1. The molecule has 184 valence electrons. The summed E-state index contributed by atoms with van der Waals surface area (Å²) in [5, 5.41) is 2.77. The third-order valence-electron chi connectivity index (χ3n) is 4.77. The Kier molecular flexibility index (Phi) is 18.0. The van der Waals surface area contributed by atoms with Crippen LogP contribution in [0.1, 0.15) is 52.4 Å². The lowest BCUT2D eigenvalue weighted by molar-refractivity contribution is -0.127. The monoisotopic (exact) mass is 455 g/mol. The van der Waals surface area contributed by atoms with Crippen LogP contribution in [0, 0.1) is 17.8 Å². The molecule has 0 saturated heterocycles. The zero-order valence-corrected chi connectivity index (χ0v) is 19.8. The third-order valence-corrected chi connectivity index (χ3v) is 4.77. The number of carbonyl (C=O) groups is 2. The second-order valence-electron chi connectivity index (χ2n) is 7.89. The van der Waals surface area contributed by atoms with Crippen LogP contribution < -0.4 is 5.32 Å². The molecule has 0 aromatic heterocycles. The molecule has 8 nitrogen and oxygen atoms in total. The first-order chi connectivity index (χ1) is 15.6. The predicted octanol–water partition coefficient (Wildman–Crippen LogP) is 2.14. The molecule has 1 atom stereocenters. The Hall–Kier alpha value is -1.50. The molecule has 0 spiro atoms. The highest BCUT2D eigenvalue weighted by molar-refractivity contribution is 5.80. The van der Waals surface area contributed by atoms with E-state index in [1.165, 1.54) is 6.42 Å². The van der Waals surface area contributed by atoms with E-state index in [9.17, 15) is 9.59 Å². The van der Waals surface area contributed by atoms with Crippen LogP contribution in [-0.4, -0.2) is 83.8 Å². The van der Waals surface area contributed by atoms with Crippen LogP contribution >= 0.6 is 0 Å². The molecule has 0 aromatic carbocycles. The zero-order chi connectivity index (χ0) is 23.3. The predicted molar refractivity (Wildman–Crippen MR) is 121 cm³/mol. The van der Waals surface area contributed by atoms with Crippen molar-refractivity contribution < 1.29 is 33.3 Å². The second-order valence-corrected chi connectivity index (χ2v) is 7.89. The maximum Gasteiger partial charge on any atom is 0.246 e. The first kappa shape index (κ1) is 28.5. The molecule has 1 aliphatic rings. The number of nitrogens with one attached hydrogen (secondary N) is 1. The molecular formula is C24H41NO7. The molecule has 32 heavy (non-hydrogen) atoms. The smallest absolute Gasteiger partial charge is 0.246 e. The summed E-state index contributed by atoms with van der Waals surface area (Å²) in [5.74, 6) is 6.32. The number of rotatable bonds is 19. The zero-order valence-electron chi connectivity index (χ0n) is 19.8. The highest BCUT2D eigenvalue weighted by Gasteiger charge is 2.10. The Labute approximate surface area is 193 Å². The van der Waals surface area contributed by atoms with E-state index in [-0.39, 0.29) is 30.3 Å². The lowest BCUT2D eigenvalue weighted by Crippen LogP contribution is -2.32. The summed E-state index contributed by atoms with van der Waals surface area (Å²) >= 11 is 0. The number of ketones is 1. The number of carbonyl (C=O) groups excluding carboxylic acids is 2. The Morgan fingerprint density at radius 2 is 1.50 bits per heavy atom. The van der Waals surface area contributed by atoms with Crippen LogP contribution in [0.15, 0.2) is 0 Å². The van der Waals surface area contributed by atoms with Gasteiger partial charge in [-0.1, -0.05) is 26.2 Å². The second kappa shape index (κ2) is 20.1. The van der Waals surface area contributed by atoms with Gasteiger partial charge in [-0.05, 0) is 19.3 Å². The number of hydrogen-bond acceptors (Lipinski definition) is 7. The lowest BCUT2D eigenvalue weighted by atomic mass is 10.1. The van der Waals surface area contributed by atoms with Crippen LogP contribution in [-0.2, 0) is 33.3 Å². The van der Waals surface area contributed by atoms with E-state index in [2.05, 4.69) is 17.2 Å². The van der Waals surface area contributed by atoms with Gasteiger partial charge in [-0.3, -0.25) is 9.59 Å². The van der Waals surface area contributed by atoms with E-state index in [4.69, 9.17) is 23.7 Å². The summed E-state index contributed by atoms with van der Waals surface area (Å²) in [7, 11) is 0. The summed E-state index contributed by atoms with van der Waals surface area (Å²) in [5.41, 5.74) is 0. The molecule has 0 aromatic rings. The highest BCUT2D eigenvalue weighted by atomic mass is 16.6. The van der Waals surface area contributed by atoms with Gasteiger partial charge in [-0.15, -0.1) is 5.92 Å². The third kappa shape index (κ3) is 17.1. The molecule has 0 saturated carbocycles. The topological polar surface area (TPSA) is 92.3 Å². The van der Waals surface area contributed by atoms with Crippen LogP contribution in [0.3, 0.4) is 0 Å². The van der Waals surface area contributed by atoms with Gasteiger partial charge in [0.05, 0.1) is 52.9 Å². The van der Waals surface area contributed by atoms with Crippen molar-refractivity contribution in [1.82, 2.24) is 5.32 Å². The van der Waals surface area contributed by atoms with E-state index >= 15 is 0 Å². The van der Waals surface area contributed by atoms with Gasteiger partial charge >= 0.3 is 0 Å². The quantitative estimate of drug-likeness (QED) is 0.236. The molecule has 0 fully saturated rings. The molecule has 1 N–H and O–H groups in total. The molecule has 1 aliphatic carbocycles. The van der Waals surface area contributed by atoms with E-state index in [0.29, 0.717) is 65.8 Å². The van der Waals surface area contributed by atoms with Gasteiger partial charge < -0.3 is 29.0 Å². The summed E-state index contributed by atoms with van der Waals surface area (Å²) < 4.78 is 27.2. The molecular weight excluding hydrogens is 414 g/mol. The Morgan fingerprint density at radius 1 is 0.875 bits per heavy atom. The average molecular weight is 456 g/mol. The van der Waals surface area contributed by atoms with Crippen molar-refractivity contribution in [3.8, 4) is 11.8 Å². The molecule has 1 unspecified atom stereocenters. The molecule has 0 aliphatic heterocycles. The largest absolute Gasteiger partial charge is 0.379 e. The van der Waals surface area contributed by atoms with E-state index < -0.39 is 0 Å². The van der Waals surface area contributed by atoms with Crippen molar-refractivity contribution in [1.29, 1.82) is 0 Å². The van der Waals surface area contributed by atoms with Crippen LogP contribution in [0.5, 0.6) is 0 Å². The van der Waals surface area contributed by atoms with Gasteiger partial charge in [0.2, 0.25) is 5.91 Å². The number of Topliss-reactive ketones (excluding diaryl/α,β-unsaturated/α-hetero) is 1. The SMILES string of the molecule is CC(C)C(=O)CCOCCOCCOCCOCCNC(=O)COC1C#CCCCCC1. The van der Waals surface area contributed by atoms with Gasteiger partial charge in [0, 0.05) is 25.3 Å². The van der Waals surface area contributed by atoms with Gasteiger partial charge in [0.25, 0.3) is 0 Å². The number of ether oxygens (including phenoxy) is 5. The highest BCUT2D eigenvalue weighted by Crippen LogP contribution is 2.10. The Morgan fingerprint density at radius 3 is 2.16 bits per heavy atom. The normalized spacial score (nSPS) is 16.2. The molecule has 0 radical (unpaired) electrons. The van der Waals surface area contributed by atoms with Crippen molar-refractivity contribution >= 4 is 11.7 Å². The minimum Gasteiger partial charge on any atom is -0.379 e. The average Bonchev–Trinajstić information content (AvgIpc) is 2.75. The van der Waals surface area contributed by atoms with E-state index in [1.54, 1.807) is 0 Å². The molecule has 1 amide bonds. The van der Waals surface area contributed by atoms with Crippen LogP contribution in [0.25, 0.3) is 0 Å². The molecule has 1 rings (SSSR count). The number of hydrogen-bond donors (Lipinski definition) is 1. The van der Waals surface area contributed by atoms with Crippen molar-refractivity contribution in [2.75, 3.05) is 66.0 Å². The van der Waals surface area contributed by atoms with E-state index in [1.807, 2.05) is 13.8 Å².